The molecule has 0 amide bonds. The fraction of sp³-hybridized carbons (Fsp3) is 0.0833. The third-order valence-electron chi connectivity index (χ3n) is 2.05. The number of benzene rings is 1. The molecule has 1 nitrogen and oxygen atoms in total. The normalized spacial score (nSPS) is 11.9. The van der Waals surface area contributed by atoms with Crippen molar-refractivity contribution in [2.24, 2.45) is 0 Å². The first-order valence-corrected chi connectivity index (χ1v) is 4.10. The van der Waals surface area contributed by atoms with Crippen LogP contribution in [0.3, 0.4) is 0 Å². The first-order chi connectivity index (χ1) is 6.42. The van der Waals surface area contributed by atoms with Crippen LogP contribution in [0, 0.1) is 11.3 Å². The molecule has 1 aromatic rings. The average molecular weight is 165 g/mol. The van der Waals surface area contributed by atoms with E-state index in [4.69, 9.17) is 5.26 Å². The van der Waals surface area contributed by atoms with Gasteiger partial charge in [0.05, 0.1) is 11.6 Å². The summed E-state index contributed by atoms with van der Waals surface area (Å²) >= 11 is 0. The van der Waals surface area contributed by atoms with Crippen molar-refractivity contribution >= 4 is 6.08 Å². The number of hydrogen-bond donors (Lipinski definition) is 0. The van der Waals surface area contributed by atoms with Crippen LogP contribution in [0.1, 0.15) is 16.7 Å². The molecule has 0 fully saturated rings. The van der Waals surface area contributed by atoms with Gasteiger partial charge in [0.15, 0.2) is 0 Å². The van der Waals surface area contributed by atoms with Crippen molar-refractivity contribution in [2.75, 3.05) is 0 Å². The maximum Gasteiger partial charge on any atom is 0.0994 e. The Kier molecular flexibility index (Phi) is 1.87. The quantitative estimate of drug-likeness (QED) is 0.541. The molecule has 13 heavy (non-hydrogen) atoms. The SMILES string of the molecule is N#Cc1cccc2c1CC=C=C=C2. The van der Waals surface area contributed by atoms with Crippen LogP contribution in [0.25, 0.3) is 6.08 Å². The van der Waals surface area contributed by atoms with Crippen LogP contribution >= 0.6 is 0 Å². The van der Waals surface area contributed by atoms with E-state index in [0.717, 1.165) is 23.1 Å². The summed E-state index contributed by atoms with van der Waals surface area (Å²) in [5.41, 5.74) is 8.71. The van der Waals surface area contributed by atoms with Crippen LogP contribution < -0.4 is 0 Å². The van der Waals surface area contributed by atoms with Crippen LogP contribution in [0.5, 0.6) is 0 Å². The predicted molar refractivity (Wildman–Crippen MR) is 50.9 cm³/mol. The molecule has 0 atom stereocenters. The maximum absolute atomic E-state index is 8.87. The second-order valence-corrected chi connectivity index (χ2v) is 2.83. The van der Waals surface area contributed by atoms with E-state index in [-0.39, 0.29) is 0 Å². The van der Waals surface area contributed by atoms with Gasteiger partial charge in [0.25, 0.3) is 0 Å². The van der Waals surface area contributed by atoms with Crippen LogP contribution in [-0.4, -0.2) is 0 Å². The highest BCUT2D eigenvalue weighted by Gasteiger charge is 2.04. The minimum Gasteiger partial charge on any atom is -0.192 e. The van der Waals surface area contributed by atoms with Gasteiger partial charge in [-0.25, -0.2) is 0 Å². The van der Waals surface area contributed by atoms with Crippen molar-refractivity contribution in [2.45, 2.75) is 6.42 Å². The highest BCUT2D eigenvalue weighted by atomic mass is 14.2. The monoisotopic (exact) mass is 165 g/mol. The summed E-state index contributed by atoms with van der Waals surface area (Å²) in [6.45, 7) is 0. The molecule has 1 heteroatoms. The van der Waals surface area contributed by atoms with Gasteiger partial charge in [-0.05, 0) is 29.3 Å². The number of rotatable bonds is 0. The molecule has 0 N–H and O–H groups in total. The van der Waals surface area contributed by atoms with Gasteiger partial charge in [0.1, 0.15) is 0 Å². The Balaban J connectivity index is 2.69. The maximum atomic E-state index is 8.87. The lowest BCUT2D eigenvalue weighted by molar-refractivity contribution is 1.24. The average Bonchev–Trinajstić information content (AvgIpc) is 2.41. The summed E-state index contributed by atoms with van der Waals surface area (Å²) in [5, 5.41) is 8.87. The molecular formula is C12H7N. The van der Waals surface area contributed by atoms with Crippen molar-refractivity contribution in [1.82, 2.24) is 0 Å². The fourth-order valence-corrected chi connectivity index (χ4v) is 1.40. The number of allylic oxidation sites excluding steroid dienone is 1. The van der Waals surface area contributed by atoms with Gasteiger partial charge in [-0.3, -0.25) is 0 Å². The van der Waals surface area contributed by atoms with Crippen LogP contribution in [-0.2, 0) is 6.42 Å². The highest BCUT2D eigenvalue weighted by Crippen LogP contribution is 2.17. The molecule has 0 unspecified atom stereocenters. The van der Waals surface area contributed by atoms with Gasteiger partial charge in [0.2, 0.25) is 0 Å². The summed E-state index contributed by atoms with van der Waals surface area (Å²) in [6, 6.07) is 7.91. The highest BCUT2D eigenvalue weighted by molar-refractivity contribution is 5.59. The topological polar surface area (TPSA) is 23.8 Å². The standard InChI is InChI=1S/C12H7N/c13-9-11-7-4-6-10-5-2-1-3-8-12(10)11/h3-7H,8H2. The van der Waals surface area contributed by atoms with Crippen LogP contribution in [0.15, 0.2) is 35.7 Å². The molecule has 0 saturated heterocycles. The molecule has 0 spiro atoms. The van der Waals surface area contributed by atoms with Gasteiger partial charge in [0, 0.05) is 6.42 Å². The molecule has 0 radical (unpaired) electrons. The molecule has 0 aliphatic heterocycles. The fourth-order valence-electron chi connectivity index (χ4n) is 1.40. The Morgan fingerprint density at radius 2 is 2.23 bits per heavy atom. The molecule has 60 valence electrons. The van der Waals surface area contributed by atoms with Crippen molar-refractivity contribution < 1.29 is 0 Å². The van der Waals surface area contributed by atoms with Crippen molar-refractivity contribution in [3.8, 4) is 6.07 Å². The Morgan fingerprint density at radius 3 is 3.08 bits per heavy atom. The first-order valence-electron chi connectivity index (χ1n) is 4.10. The molecule has 0 aromatic heterocycles. The molecule has 0 heterocycles. The number of fused-ring (bicyclic) bond motifs is 1. The zero-order valence-corrected chi connectivity index (χ0v) is 7.04. The van der Waals surface area contributed by atoms with E-state index >= 15 is 0 Å². The molecule has 1 aliphatic rings. The number of nitriles is 1. The van der Waals surface area contributed by atoms with Crippen molar-refractivity contribution in [3.63, 3.8) is 0 Å². The third kappa shape index (κ3) is 1.33. The first kappa shape index (κ1) is 7.65. The Morgan fingerprint density at radius 1 is 1.31 bits per heavy atom. The van der Waals surface area contributed by atoms with E-state index in [0.29, 0.717) is 0 Å². The molecule has 1 aromatic carbocycles. The number of nitrogens with zero attached hydrogens (tertiary/aromatic N) is 1. The Bertz CT molecular complexity index is 476. The molecular weight excluding hydrogens is 158 g/mol. The molecule has 2 rings (SSSR count). The lowest BCUT2D eigenvalue weighted by atomic mass is 9.99. The smallest absolute Gasteiger partial charge is 0.0994 e. The molecule has 0 bridgehead atoms. The Hall–Kier alpha value is -1.99. The second kappa shape index (κ2) is 3.17. The molecule has 0 saturated carbocycles. The third-order valence-corrected chi connectivity index (χ3v) is 2.05. The zero-order chi connectivity index (χ0) is 9.10. The minimum absolute atomic E-state index is 0.746. The summed E-state index contributed by atoms with van der Waals surface area (Å²) in [6.07, 6.45) is 4.52. The van der Waals surface area contributed by atoms with Gasteiger partial charge >= 0.3 is 0 Å². The van der Waals surface area contributed by atoms with Gasteiger partial charge in [-0.15, -0.1) is 0 Å². The summed E-state index contributed by atoms with van der Waals surface area (Å²) in [7, 11) is 0. The van der Waals surface area contributed by atoms with E-state index < -0.39 is 0 Å². The van der Waals surface area contributed by atoms with Gasteiger partial charge < -0.3 is 0 Å². The Labute approximate surface area is 76.9 Å². The van der Waals surface area contributed by atoms with Gasteiger partial charge in [-0.1, -0.05) is 23.6 Å². The predicted octanol–water partition coefficient (Wildman–Crippen LogP) is 2.44. The minimum atomic E-state index is 0.746. The van der Waals surface area contributed by atoms with Crippen LogP contribution in [0.4, 0.5) is 0 Å². The van der Waals surface area contributed by atoms with E-state index in [1.165, 1.54) is 0 Å². The van der Waals surface area contributed by atoms with E-state index in [1.54, 1.807) is 0 Å². The molecule has 1 aliphatic carbocycles. The second-order valence-electron chi connectivity index (χ2n) is 2.83. The zero-order valence-electron chi connectivity index (χ0n) is 7.04. The van der Waals surface area contributed by atoms with E-state index in [2.05, 4.69) is 17.5 Å². The lowest BCUT2D eigenvalue weighted by Crippen LogP contribution is -1.91. The van der Waals surface area contributed by atoms with Crippen LogP contribution in [0.2, 0.25) is 0 Å². The summed E-state index contributed by atoms with van der Waals surface area (Å²) in [5.74, 6) is 0. The van der Waals surface area contributed by atoms with Gasteiger partial charge in [-0.2, -0.15) is 5.26 Å². The van der Waals surface area contributed by atoms with E-state index in [1.807, 2.05) is 30.4 Å². The summed E-state index contributed by atoms with van der Waals surface area (Å²) in [4.78, 5) is 0. The lowest BCUT2D eigenvalue weighted by Gasteiger charge is -2.03. The van der Waals surface area contributed by atoms with E-state index in [9.17, 15) is 0 Å². The largest absolute Gasteiger partial charge is 0.192 e. The van der Waals surface area contributed by atoms with Crippen molar-refractivity contribution in [1.29, 1.82) is 5.26 Å². The van der Waals surface area contributed by atoms with Crippen molar-refractivity contribution in [3.05, 3.63) is 52.4 Å². The summed E-state index contributed by atoms with van der Waals surface area (Å²) < 4.78 is 0. The number of hydrogen-bond acceptors (Lipinski definition) is 1.